The van der Waals surface area contributed by atoms with E-state index >= 15 is 0 Å². The topological polar surface area (TPSA) is 60.2 Å². The third kappa shape index (κ3) is 3.88. The van der Waals surface area contributed by atoms with Gasteiger partial charge in [-0.3, -0.25) is 14.9 Å². The number of nitro groups is 1. The minimum absolute atomic E-state index is 0.0301. The first-order chi connectivity index (χ1) is 9.16. The van der Waals surface area contributed by atoms with E-state index in [9.17, 15) is 14.9 Å². The second-order valence-electron chi connectivity index (χ2n) is 5.27. The first-order valence-electron chi connectivity index (χ1n) is 6.94. The van der Waals surface area contributed by atoms with E-state index in [2.05, 4.69) is 0 Å². The van der Waals surface area contributed by atoms with Crippen molar-refractivity contribution in [2.24, 2.45) is 5.92 Å². The molecule has 0 radical (unpaired) electrons. The zero-order valence-electron chi connectivity index (χ0n) is 11.0. The van der Waals surface area contributed by atoms with Gasteiger partial charge in [-0.05, 0) is 24.5 Å². The standard InChI is InChI=1S/C15H19NO3/c17-15(7-3-6-12-4-1-2-5-12)13-8-10-14(11-9-13)16(18)19/h8-12H,1-7H2. The highest BCUT2D eigenvalue weighted by atomic mass is 16.6. The fourth-order valence-corrected chi connectivity index (χ4v) is 2.76. The van der Waals surface area contributed by atoms with E-state index in [0.29, 0.717) is 12.0 Å². The summed E-state index contributed by atoms with van der Waals surface area (Å²) in [4.78, 5) is 22.0. The van der Waals surface area contributed by atoms with Crippen LogP contribution in [0.1, 0.15) is 55.3 Å². The van der Waals surface area contributed by atoms with Crippen molar-refractivity contribution < 1.29 is 9.72 Å². The van der Waals surface area contributed by atoms with Crippen LogP contribution in [0.5, 0.6) is 0 Å². The SMILES string of the molecule is O=C(CCCC1CCCC1)c1ccc([N+](=O)[O-])cc1. The number of hydrogen-bond donors (Lipinski definition) is 0. The summed E-state index contributed by atoms with van der Waals surface area (Å²) >= 11 is 0. The summed E-state index contributed by atoms with van der Waals surface area (Å²) in [5.74, 6) is 0.901. The molecule has 0 spiro atoms. The molecule has 0 unspecified atom stereocenters. The molecule has 0 N–H and O–H groups in total. The third-order valence-corrected chi connectivity index (χ3v) is 3.89. The molecule has 1 saturated carbocycles. The van der Waals surface area contributed by atoms with Gasteiger partial charge in [0.05, 0.1) is 4.92 Å². The molecule has 19 heavy (non-hydrogen) atoms. The van der Waals surface area contributed by atoms with Crippen molar-refractivity contribution in [3.63, 3.8) is 0 Å². The van der Waals surface area contributed by atoms with Gasteiger partial charge in [-0.2, -0.15) is 0 Å². The van der Waals surface area contributed by atoms with E-state index in [0.717, 1.165) is 18.8 Å². The highest BCUT2D eigenvalue weighted by Crippen LogP contribution is 2.29. The lowest BCUT2D eigenvalue weighted by Gasteiger charge is -2.07. The molecule has 1 aliphatic carbocycles. The molecule has 1 aromatic rings. The summed E-state index contributed by atoms with van der Waals surface area (Å²) in [7, 11) is 0. The normalized spacial score (nSPS) is 15.6. The number of rotatable bonds is 6. The van der Waals surface area contributed by atoms with Crippen LogP contribution in [0.4, 0.5) is 5.69 Å². The maximum atomic E-state index is 11.9. The molecule has 0 amide bonds. The van der Waals surface area contributed by atoms with Gasteiger partial charge in [0.15, 0.2) is 5.78 Å². The molecule has 1 aromatic carbocycles. The van der Waals surface area contributed by atoms with E-state index in [1.165, 1.54) is 37.8 Å². The first-order valence-corrected chi connectivity index (χ1v) is 6.94. The average Bonchev–Trinajstić information content (AvgIpc) is 2.92. The minimum atomic E-state index is -0.450. The lowest BCUT2D eigenvalue weighted by molar-refractivity contribution is -0.384. The van der Waals surface area contributed by atoms with Crippen LogP contribution < -0.4 is 0 Å². The highest BCUT2D eigenvalue weighted by molar-refractivity contribution is 5.96. The number of nitrogens with zero attached hydrogens (tertiary/aromatic N) is 1. The van der Waals surface area contributed by atoms with E-state index in [-0.39, 0.29) is 11.5 Å². The molecule has 1 fully saturated rings. The highest BCUT2D eigenvalue weighted by Gasteiger charge is 2.15. The van der Waals surface area contributed by atoms with Gasteiger partial charge < -0.3 is 0 Å². The Balaban J connectivity index is 1.80. The molecule has 0 heterocycles. The minimum Gasteiger partial charge on any atom is -0.294 e. The Labute approximate surface area is 113 Å². The Hall–Kier alpha value is -1.71. The first kappa shape index (κ1) is 13.7. The molecule has 4 heteroatoms. The zero-order chi connectivity index (χ0) is 13.7. The van der Waals surface area contributed by atoms with E-state index < -0.39 is 4.92 Å². The number of hydrogen-bond acceptors (Lipinski definition) is 3. The summed E-state index contributed by atoms with van der Waals surface area (Å²) in [6, 6.07) is 5.89. The summed E-state index contributed by atoms with van der Waals surface area (Å²) in [5, 5.41) is 10.5. The largest absolute Gasteiger partial charge is 0.294 e. The van der Waals surface area contributed by atoms with Crippen LogP contribution in [0.2, 0.25) is 0 Å². The maximum Gasteiger partial charge on any atom is 0.269 e. The van der Waals surface area contributed by atoms with Gasteiger partial charge in [-0.25, -0.2) is 0 Å². The van der Waals surface area contributed by atoms with Crippen LogP contribution >= 0.6 is 0 Å². The number of nitro benzene ring substituents is 1. The average molecular weight is 261 g/mol. The summed E-state index contributed by atoms with van der Waals surface area (Å²) in [6.45, 7) is 0. The van der Waals surface area contributed by atoms with Crippen LogP contribution in [0.3, 0.4) is 0 Å². The smallest absolute Gasteiger partial charge is 0.269 e. The maximum absolute atomic E-state index is 11.9. The summed E-state index contributed by atoms with van der Waals surface area (Å²) in [6.07, 6.45) is 7.91. The number of non-ortho nitro benzene ring substituents is 1. The van der Waals surface area contributed by atoms with Crippen LogP contribution in [0, 0.1) is 16.0 Å². The Kier molecular flexibility index (Phi) is 4.66. The van der Waals surface area contributed by atoms with Gasteiger partial charge in [0, 0.05) is 24.1 Å². The predicted molar refractivity (Wildman–Crippen MR) is 73.2 cm³/mol. The van der Waals surface area contributed by atoms with Crippen LogP contribution in [-0.4, -0.2) is 10.7 Å². The monoisotopic (exact) mass is 261 g/mol. The molecule has 0 atom stereocenters. The van der Waals surface area contributed by atoms with Gasteiger partial charge in [-0.15, -0.1) is 0 Å². The Morgan fingerprint density at radius 1 is 1.21 bits per heavy atom. The predicted octanol–water partition coefficient (Wildman–Crippen LogP) is 4.14. The van der Waals surface area contributed by atoms with E-state index in [1.807, 2.05) is 0 Å². The number of Topliss-reactive ketones (excluding diaryl/α,β-unsaturated/α-hetero) is 1. The van der Waals surface area contributed by atoms with Gasteiger partial charge in [0.25, 0.3) is 5.69 Å². The van der Waals surface area contributed by atoms with E-state index in [4.69, 9.17) is 0 Å². The summed E-state index contributed by atoms with van der Waals surface area (Å²) in [5.41, 5.74) is 0.611. The van der Waals surface area contributed by atoms with Crippen molar-refractivity contribution in [2.75, 3.05) is 0 Å². The molecule has 0 bridgehead atoms. The number of benzene rings is 1. The van der Waals surface area contributed by atoms with Crippen LogP contribution in [0.25, 0.3) is 0 Å². The molecule has 0 aromatic heterocycles. The molecule has 1 aliphatic rings. The fourth-order valence-electron chi connectivity index (χ4n) is 2.76. The van der Waals surface area contributed by atoms with Crippen molar-refractivity contribution in [2.45, 2.75) is 44.9 Å². The number of ketones is 1. The third-order valence-electron chi connectivity index (χ3n) is 3.89. The van der Waals surface area contributed by atoms with Crippen molar-refractivity contribution >= 4 is 11.5 Å². The van der Waals surface area contributed by atoms with Crippen molar-refractivity contribution in [3.8, 4) is 0 Å². The number of carbonyl (C=O) groups is 1. The van der Waals surface area contributed by atoms with Crippen molar-refractivity contribution in [1.29, 1.82) is 0 Å². The van der Waals surface area contributed by atoms with Gasteiger partial charge in [0.1, 0.15) is 0 Å². The number of carbonyl (C=O) groups excluding carboxylic acids is 1. The second-order valence-corrected chi connectivity index (χ2v) is 5.27. The lowest BCUT2D eigenvalue weighted by Crippen LogP contribution is -2.01. The van der Waals surface area contributed by atoms with Crippen molar-refractivity contribution in [3.05, 3.63) is 39.9 Å². The summed E-state index contributed by atoms with van der Waals surface area (Å²) < 4.78 is 0. The molecule has 0 saturated heterocycles. The quantitative estimate of drug-likeness (QED) is 0.439. The van der Waals surface area contributed by atoms with Gasteiger partial charge in [0.2, 0.25) is 0 Å². The molecule has 0 aliphatic heterocycles. The van der Waals surface area contributed by atoms with Crippen LogP contribution in [0.15, 0.2) is 24.3 Å². The molecule has 4 nitrogen and oxygen atoms in total. The molecular weight excluding hydrogens is 242 g/mol. The fraction of sp³-hybridized carbons (Fsp3) is 0.533. The van der Waals surface area contributed by atoms with E-state index in [1.54, 1.807) is 12.1 Å². The Bertz CT molecular complexity index is 447. The Morgan fingerprint density at radius 3 is 2.42 bits per heavy atom. The lowest BCUT2D eigenvalue weighted by atomic mass is 9.98. The Morgan fingerprint density at radius 2 is 1.84 bits per heavy atom. The zero-order valence-corrected chi connectivity index (χ0v) is 11.0. The van der Waals surface area contributed by atoms with Crippen molar-refractivity contribution in [1.82, 2.24) is 0 Å². The molecule has 2 rings (SSSR count). The second kappa shape index (κ2) is 6.45. The van der Waals surface area contributed by atoms with Gasteiger partial charge >= 0.3 is 0 Å². The molecule has 102 valence electrons. The molecular formula is C15H19NO3. The van der Waals surface area contributed by atoms with Crippen LogP contribution in [-0.2, 0) is 0 Å². The van der Waals surface area contributed by atoms with Gasteiger partial charge in [-0.1, -0.05) is 32.1 Å².